The zero-order valence-corrected chi connectivity index (χ0v) is 7.47. The Balaban J connectivity index is 2.50. The Labute approximate surface area is 84.3 Å². The van der Waals surface area contributed by atoms with E-state index in [0.29, 0.717) is 0 Å². The number of nitrogens with one attached hydrogen (secondary N) is 2. The van der Waals surface area contributed by atoms with E-state index < -0.39 is 11.8 Å². The van der Waals surface area contributed by atoms with Crippen molar-refractivity contribution in [2.45, 2.75) is 0 Å². The van der Waals surface area contributed by atoms with E-state index in [1.165, 1.54) is 12.4 Å². The minimum absolute atomic E-state index is 0.0744. The van der Waals surface area contributed by atoms with Crippen LogP contribution in [0, 0.1) is 11.3 Å². The van der Waals surface area contributed by atoms with Gasteiger partial charge in [-0.3, -0.25) is 14.9 Å². The molecule has 0 aliphatic carbocycles. The zero-order chi connectivity index (χ0) is 11.1. The number of hydrogen-bond acceptors (Lipinski definition) is 6. The molecule has 8 heteroatoms. The molecule has 15 heavy (non-hydrogen) atoms. The van der Waals surface area contributed by atoms with Crippen LogP contribution < -0.4 is 10.6 Å². The highest BCUT2D eigenvalue weighted by Gasteiger charge is 2.13. The van der Waals surface area contributed by atoms with Gasteiger partial charge in [0.25, 0.3) is 0 Å². The first-order valence-corrected chi connectivity index (χ1v) is 3.84. The van der Waals surface area contributed by atoms with Crippen LogP contribution in [0.15, 0.2) is 12.4 Å². The van der Waals surface area contributed by atoms with Gasteiger partial charge in [-0.05, 0) is 0 Å². The number of amides is 2. The fourth-order valence-electron chi connectivity index (χ4n) is 0.663. The molecule has 0 atom stereocenters. The number of nitrogens with zero attached hydrogens (tertiary/aromatic N) is 4. The van der Waals surface area contributed by atoms with E-state index in [9.17, 15) is 9.59 Å². The minimum atomic E-state index is -0.946. The van der Waals surface area contributed by atoms with Crippen LogP contribution in [0.1, 0.15) is 0 Å². The van der Waals surface area contributed by atoms with Crippen molar-refractivity contribution in [3.05, 3.63) is 12.4 Å². The van der Waals surface area contributed by atoms with E-state index in [4.69, 9.17) is 5.26 Å². The van der Waals surface area contributed by atoms with Gasteiger partial charge in [-0.1, -0.05) is 0 Å². The van der Waals surface area contributed by atoms with Gasteiger partial charge in [0.1, 0.15) is 6.54 Å². The van der Waals surface area contributed by atoms with E-state index >= 15 is 0 Å². The molecule has 0 aromatic carbocycles. The van der Waals surface area contributed by atoms with Crippen LogP contribution in [0.4, 0.5) is 5.95 Å². The second-order valence-corrected chi connectivity index (χ2v) is 2.26. The summed E-state index contributed by atoms with van der Waals surface area (Å²) in [4.78, 5) is 25.7. The highest BCUT2D eigenvalue weighted by Crippen LogP contribution is 1.90. The lowest BCUT2D eigenvalue weighted by Crippen LogP contribution is -2.35. The van der Waals surface area contributed by atoms with E-state index in [-0.39, 0.29) is 12.5 Å². The molecule has 2 N–H and O–H groups in total. The number of aromatic nitrogens is 3. The summed E-state index contributed by atoms with van der Waals surface area (Å²) in [6.45, 7) is -0.236. The van der Waals surface area contributed by atoms with Crippen molar-refractivity contribution < 1.29 is 9.59 Å². The number of carbonyl (C=O) groups excluding carboxylic acids is 2. The third kappa shape index (κ3) is 3.35. The van der Waals surface area contributed by atoms with Crippen molar-refractivity contribution in [2.75, 3.05) is 11.9 Å². The predicted octanol–water partition coefficient (Wildman–Crippen LogP) is -1.55. The van der Waals surface area contributed by atoms with Gasteiger partial charge in [0, 0.05) is 0 Å². The van der Waals surface area contributed by atoms with Crippen molar-refractivity contribution >= 4 is 17.8 Å². The lowest BCUT2D eigenvalue weighted by molar-refractivity contribution is -0.136. The van der Waals surface area contributed by atoms with Crippen LogP contribution in [-0.2, 0) is 9.59 Å². The second-order valence-electron chi connectivity index (χ2n) is 2.26. The van der Waals surface area contributed by atoms with Crippen molar-refractivity contribution in [3.63, 3.8) is 0 Å². The quantitative estimate of drug-likeness (QED) is 0.446. The van der Waals surface area contributed by atoms with Gasteiger partial charge in [0.2, 0.25) is 5.95 Å². The number of carbonyl (C=O) groups is 2. The first kappa shape index (κ1) is 10.5. The molecular weight excluding hydrogens is 200 g/mol. The Kier molecular flexibility index (Phi) is 3.67. The molecule has 0 saturated heterocycles. The van der Waals surface area contributed by atoms with Gasteiger partial charge in [-0.25, -0.2) is 4.98 Å². The summed E-state index contributed by atoms with van der Waals surface area (Å²) in [5, 5.41) is 19.2. The normalized spacial score (nSPS) is 8.73. The van der Waals surface area contributed by atoms with Crippen LogP contribution in [0.2, 0.25) is 0 Å². The minimum Gasteiger partial charge on any atom is -0.335 e. The lowest BCUT2D eigenvalue weighted by Gasteiger charge is -2.00. The Morgan fingerprint density at radius 1 is 1.40 bits per heavy atom. The Morgan fingerprint density at radius 3 is 2.80 bits per heavy atom. The van der Waals surface area contributed by atoms with Gasteiger partial charge in [0.05, 0.1) is 18.5 Å². The van der Waals surface area contributed by atoms with Crippen molar-refractivity contribution in [3.8, 4) is 6.07 Å². The molecule has 76 valence electrons. The van der Waals surface area contributed by atoms with Crippen molar-refractivity contribution in [2.24, 2.45) is 0 Å². The Bertz CT molecular complexity index is 398. The SMILES string of the molecule is N#CCNC(=O)C(=O)Nc1nccnn1. The summed E-state index contributed by atoms with van der Waals surface area (Å²) in [5.74, 6) is -1.95. The third-order valence-corrected chi connectivity index (χ3v) is 1.24. The first-order valence-electron chi connectivity index (χ1n) is 3.84. The van der Waals surface area contributed by atoms with Gasteiger partial charge in [-0.2, -0.15) is 10.4 Å². The maximum Gasteiger partial charge on any atom is 0.316 e. The highest BCUT2D eigenvalue weighted by atomic mass is 16.2. The fourth-order valence-corrected chi connectivity index (χ4v) is 0.663. The zero-order valence-electron chi connectivity index (χ0n) is 7.47. The summed E-state index contributed by atoms with van der Waals surface area (Å²) in [7, 11) is 0. The van der Waals surface area contributed by atoms with E-state index in [2.05, 4.69) is 25.8 Å². The smallest absolute Gasteiger partial charge is 0.316 e. The van der Waals surface area contributed by atoms with Crippen LogP contribution in [0.5, 0.6) is 0 Å². The first-order chi connectivity index (χ1) is 7.24. The van der Waals surface area contributed by atoms with Crippen LogP contribution in [0.3, 0.4) is 0 Å². The molecule has 2 amide bonds. The van der Waals surface area contributed by atoms with E-state index in [1.54, 1.807) is 6.07 Å². The standard InChI is InChI=1S/C7H6N6O2/c8-1-2-9-5(14)6(15)12-7-10-3-4-11-13-7/h3-4H,2H2,(H,9,14)(H,10,12,13,15). The molecule has 0 unspecified atom stereocenters. The van der Waals surface area contributed by atoms with E-state index in [0.717, 1.165) is 0 Å². The number of anilines is 1. The van der Waals surface area contributed by atoms with Crippen molar-refractivity contribution in [1.29, 1.82) is 5.26 Å². The molecule has 1 aromatic heterocycles. The highest BCUT2D eigenvalue weighted by molar-refractivity contribution is 6.39. The number of hydrogen-bond donors (Lipinski definition) is 2. The van der Waals surface area contributed by atoms with Crippen LogP contribution in [-0.4, -0.2) is 33.5 Å². The lowest BCUT2D eigenvalue weighted by atomic mass is 10.5. The molecule has 8 nitrogen and oxygen atoms in total. The van der Waals surface area contributed by atoms with Crippen molar-refractivity contribution in [1.82, 2.24) is 20.5 Å². The molecule has 0 spiro atoms. The molecule has 1 heterocycles. The fraction of sp³-hybridized carbons (Fsp3) is 0.143. The molecule has 0 radical (unpaired) electrons. The third-order valence-electron chi connectivity index (χ3n) is 1.24. The molecule has 0 fully saturated rings. The van der Waals surface area contributed by atoms with Crippen LogP contribution >= 0.6 is 0 Å². The maximum atomic E-state index is 11.1. The predicted molar refractivity (Wildman–Crippen MR) is 47.1 cm³/mol. The number of nitriles is 1. The average molecular weight is 206 g/mol. The topological polar surface area (TPSA) is 121 Å². The molecule has 0 aliphatic heterocycles. The van der Waals surface area contributed by atoms with Crippen LogP contribution in [0.25, 0.3) is 0 Å². The monoisotopic (exact) mass is 206 g/mol. The van der Waals surface area contributed by atoms with Gasteiger partial charge < -0.3 is 5.32 Å². The molecular formula is C7H6N6O2. The average Bonchev–Trinajstić information content (AvgIpc) is 2.27. The molecule has 0 saturated carbocycles. The summed E-state index contributed by atoms with van der Waals surface area (Å²) in [6, 6.07) is 1.66. The Morgan fingerprint density at radius 2 is 2.20 bits per heavy atom. The number of rotatable bonds is 2. The Hall–Kier alpha value is -2.56. The van der Waals surface area contributed by atoms with E-state index in [1.807, 2.05) is 0 Å². The maximum absolute atomic E-state index is 11.1. The summed E-state index contributed by atoms with van der Waals surface area (Å²) in [6.07, 6.45) is 2.64. The van der Waals surface area contributed by atoms with Gasteiger partial charge in [0.15, 0.2) is 0 Å². The summed E-state index contributed by atoms with van der Waals surface area (Å²) in [5.41, 5.74) is 0. The summed E-state index contributed by atoms with van der Waals surface area (Å²) < 4.78 is 0. The van der Waals surface area contributed by atoms with Gasteiger partial charge >= 0.3 is 11.8 Å². The second kappa shape index (κ2) is 5.23. The molecule has 1 rings (SSSR count). The molecule has 1 aromatic rings. The van der Waals surface area contributed by atoms with Gasteiger partial charge in [-0.15, -0.1) is 5.10 Å². The molecule has 0 bridgehead atoms. The molecule has 0 aliphatic rings. The summed E-state index contributed by atoms with van der Waals surface area (Å²) >= 11 is 0. The largest absolute Gasteiger partial charge is 0.335 e.